The van der Waals surface area contributed by atoms with Crippen LogP contribution in [0.5, 0.6) is 5.75 Å². The monoisotopic (exact) mass is 412 g/mol. The number of fused-ring (bicyclic) bond motifs is 1. The minimum Gasteiger partial charge on any atom is -0.492 e. The van der Waals surface area contributed by atoms with Crippen molar-refractivity contribution >= 4 is 22.5 Å². The highest BCUT2D eigenvalue weighted by Crippen LogP contribution is 2.20. The Labute approximate surface area is 175 Å². The van der Waals surface area contributed by atoms with Gasteiger partial charge in [0, 0.05) is 37.7 Å². The van der Waals surface area contributed by atoms with Crippen LogP contribution in [0.3, 0.4) is 0 Å². The van der Waals surface area contributed by atoms with Gasteiger partial charge in [-0.05, 0) is 43.3 Å². The van der Waals surface area contributed by atoms with Crippen LogP contribution in [0, 0.1) is 0 Å². The first kappa shape index (κ1) is 19.9. The van der Waals surface area contributed by atoms with Crippen molar-refractivity contribution in [3.63, 3.8) is 0 Å². The molecule has 29 heavy (non-hydrogen) atoms. The Hall–Kier alpha value is -2.41. The van der Waals surface area contributed by atoms with E-state index >= 15 is 0 Å². The lowest BCUT2D eigenvalue weighted by atomic mass is 10.2. The zero-order valence-electron chi connectivity index (χ0n) is 16.5. The summed E-state index contributed by atoms with van der Waals surface area (Å²) in [4.78, 5) is 24.8. The van der Waals surface area contributed by atoms with E-state index in [9.17, 15) is 4.79 Å². The van der Waals surface area contributed by atoms with Gasteiger partial charge >= 0.3 is 0 Å². The minimum atomic E-state index is -0.0737. The van der Waals surface area contributed by atoms with Crippen LogP contribution >= 0.6 is 11.6 Å². The number of hydrogen-bond acceptors (Lipinski definition) is 5. The van der Waals surface area contributed by atoms with Crippen LogP contribution in [0.2, 0.25) is 5.02 Å². The molecule has 1 saturated heterocycles. The Bertz CT molecular complexity index is 1010. The highest BCUT2D eigenvalue weighted by atomic mass is 35.5. The van der Waals surface area contributed by atoms with Crippen LogP contribution in [0.4, 0.5) is 0 Å². The molecule has 0 bridgehead atoms. The van der Waals surface area contributed by atoms with Crippen molar-refractivity contribution in [3.8, 4) is 5.75 Å². The molecule has 2 aromatic carbocycles. The summed E-state index contributed by atoms with van der Waals surface area (Å²) >= 11 is 5.90. The van der Waals surface area contributed by atoms with E-state index in [-0.39, 0.29) is 11.6 Å². The molecular formula is C22H25ClN4O2. The molecule has 1 aliphatic heterocycles. The highest BCUT2D eigenvalue weighted by Gasteiger charge is 2.23. The van der Waals surface area contributed by atoms with E-state index in [0.717, 1.165) is 49.8 Å². The van der Waals surface area contributed by atoms with Crippen LogP contribution < -0.4 is 10.3 Å². The maximum absolute atomic E-state index is 12.3. The number of benzene rings is 2. The molecular weight excluding hydrogens is 388 g/mol. The van der Waals surface area contributed by atoms with Gasteiger partial charge in [0.25, 0.3) is 5.56 Å². The lowest BCUT2D eigenvalue weighted by Gasteiger charge is -2.37. The predicted molar refractivity (Wildman–Crippen MR) is 116 cm³/mol. The molecule has 0 spiro atoms. The molecule has 0 unspecified atom stereocenters. The summed E-state index contributed by atoms with van der Waals surface area (Å²) in [5, 5.41) is 1.35. The van der Waals surface area contributed by atoms with Gasteiger partial charge in [-0.15, -0.1) is 0 Å². The third-order valence-corrected chi connectivity index (χ3v) is 5.72. The topological polar surface area (TPSA) is 61.5 Å². The average Bonchev–Trinajstić information content (AvgIpc) is 2.75. The Kier molecular flexibility index (Phi) is 6.13. The van der Waals surface area contributed by atoms with Crippen LogP contribution in [-0.2, 0) is 0 Å². The number of rotatable bonds is 6. The fourth-order valence-corrected chi connectivity index (χ4v) is 3.80. The molecule has 6 nitrogen and oxygen atoms in total. The summed E-state index contributed by atoms with van der Waals surface area (Å²) in [6.45, 7) is 7.43. The van der Waals surface area contributed by atoms with Crippen molar-refractivity contribution in [3.05, 3.63) is 69.7 Å². The summed E-state index contributed by atoms with van der Waals surface area (Å²) in [7, 11) is 0. The van der Waals surface area contributed by atoms with Gasteiger partial charge in [-0.25, -0.2) is 4.98 Å². The summed E-state index contributed by atoms with van der Waals surface area (Å²) in [5.41, 5.74) is 0.673. The van der Waals surface area contributed by atoms with E-state index in [2.05, 4.69) is 26.7 Å². The van der Waals surface area contributed by atoms with Gasteiger partial charge in [-0.2, -0.15) is 0 Å². The van der Waals surface area contributed by atoms with Crippen molar-refractivity contribution in [1.29, 1.82) is 0 Å². The van der Waals surface area contributed by atoms with Crippen molar-refractivity contribution in [1.82, 2.24) is 19.8 Å². The molecule has 0 radical (unpaired) electrons. The number of aromatic nitrogens is 2. The summed E-state index contributed by atoms with van der Waals surface area (Å²) in [5.74, 6) is 1.57. The fourth-order valence-electron chi connectivity index (χ4n) is 3.67. The third kappa shape index (κ3) is 4.78. The largest absolute Gasteiger partial charge is 0.492 e. The van der Waals surface area contributed by atoms with E-state index in [4.69, 9.17) is 16.3 Å². The second kappa shape index (κ2) is 8.95. The number of halogens is 1. The Morgan fingerprint density at radius 1 is 1.10 bits per heavy atom. The van der Waals surface area contributed by atoms with Crippen LogP contribution in [-0.4, -0.2) is 59.1 Å². The maximum atomic E-state index is 12.3. The molecule has 0 aliphatic carbocycles. The molecule has 1 aromatic heterocycles. The first-order valence-electron chi connectivity index (χ1n) is 9.94. The van der Waals surface area contributed by atoms with Gasteiger partial charge in [0.2, 0.25) is 0 Å². The zero-order valence-corrected chi connectivity index (χ0v) is 17.2. The summed E-state index contributed by atoms with van der Waals surface area (Å²) < 4.78 is 5.80. The number of piperazine rings is 1. The van der Waals surface area contributed by atoms with Crippen LogP contribution in [0.1, 0.15) is 18.8 Å². The molecule has 1 fully saturated rings. The fraction of sp³-hybridized carbons (Fsp3) is 0.364. The number of aromatic amines is 1. The number of nitrogens with zero attached hydrogens (tertiary/aromatic N) is 3. The van der Waals surface area contributed by atoms with Crippen molar-refractivity contribution in [2.75, 3.05) is 39.3 Å². The molecule has 152 valence electrons. The smallest absolute Gasteiger partial charge is 0.258 e. The standard InChI is InChI=1S/C22H25ClN4O2/c1-16(21-24-20-5-3-2-4-19(20)22(28)25-21)27-12-10-26(11-13-27)14-15-29-18-8-6-17(23)7-9-18/h2-9,16H,10-15H2,1H3,(H,24,25,28)/t16-/m1/s1. The Balaban J connectivity index is 1.30. The highest BCUT2D eigenvalue weighted by molar-refractivity contribution is 6.30. The van der Waals surface area contributed by atoms with E-state index in [1.165, 1.54) is 0 Å². The molecule has 4 rings (SSSR count). The van der Waals surface area contributed by atoms with Crippen molar-refractivity contribution in [2.45, 2.75) is 13.0 Å². The maximum Gasteiger partial charge on any atom is 0.258 e. The second-order valence-corrected chi connectivity index (χ2v) is 7.76. The minimum absolute atomic E-state index is 0.0692. The third-order valence-electron chi connectivity index (χ3n) is 5.47. The van der Waals surface area contributed by atoms with Crippen LogP contribution in [0.25, 0.3) is 10.9 Å². The van der Waals surface area contributed by atoms with Gasteiger partial charge in [-0.3, -0.25) is 14.6 Å². The van der Waals surface area contributed by atoms with Gasteiger partial charge in [0.1, 0.15) is 18.2 Å². The number of ether oxygens (including phenoxy) is 1. The zero-order chi connectivity index (χ0) is 20.2. The first-order valence-corrected chi connectivity index (χ1v) is 10.3. The Morgan fingerprint density at radius 3 is 2.59 bits per heavy atom. The quantitative estimate of drug-likeness (QED) is 0.672. The molecule has 0 saturated carbocycles. The normalized spacial score (nSPS) is 16.8. The Morgan fingerprint density at radius 2 is 1.83 bits per heavy atom. The molecule has 0 amide bonds. The van der Waals surface area contributed by atoms with E-state index < -0.39 is 0 Å². The SMILES string of the molecule is C[C@H](c1nc2ccccc2c(=O)[nH]1)N1CCN(CCOc2ccc(Cl)cc2)CC1. The number of para-hydroxylation sites is 1. The van der Waals surface area contributed by atoms with E-state index in [0.29, 0.717) is 17.0 Å². The van der Waals surface area contributed by atoms with E-state index in [1.54, 1.807) is 6.07 Å². The lowest BCUT2D eigenvalue weighted by molar-refractivity contribution is 0.0891. The van der Waals surface area contributed by atoms with Crippen molar-refractivity contribution < 1.29 is 4.74 Å². The lowest BCUT2D eigenvalue weighted by Crippen LogP contribution is -2.48. The molecule has 3 aromatic rings. The molecule has 1 atom stereocenters. The van der Waals surface area contributed by atoms with E-state index in [1.807, 2.05) is 42.5 Å². The van der Waals surface area contributed by atoms with Gasteiger partial charge < -0.3 is 9.72 Å². The second-order valence-electron chi connectivity index (χ2n) is 7.32. The summed E-state index contributed by atoms with van der Waals surface area (Å²) in [6, 6.07) is 15.0. The number of hydrogen-bond donors (Lipinski definition) is 1. The van der Waals surface area contributed by atoms with Crippen LogP contribution in [0.15, 0.2) is 53.3 Å². The first-order chi connectivity index (χ1) is 14.1. The van der Waals surface area contributed by atoms with Gasteiger partial charge in [0.05, 0.1) is 16.9 Å². The van der Waals surface area contributed by atoms with Gasteiger partial charge in [0.15, 0.2) is 0 Å². The molecule has 2 heterocycles. The summed E-state index contributed by atoms with van der Waals surface area (Å²) in [6.07, 6.45) is 0. The number of H-pyrrole nitrogens is 1. The molecule has 7 heteroatoms. The number of nitrogens with one attached hydrogen (secondary N) is 1. The predicted octanol–water partition coefficient (Wildman–Crippen LogP) is 3.33. The molecule has 1 N–H and O–H groups in total. The van der Waals surface area contributed by atoms with Crippen molar-refractivity contribution in [2.24, 2.45) is 0 Å². The average molecular weight is 413 g/mol. The van der Waals surface area contributed by atoms with Gasteiger partial charge in [-0.1, -0.05) is 23.7 Å². The molecule has 1 aliphatic rings.